The Labute approximate surface area is 181 Å². The molecule has 0 bridgehead atoms. The standard InChI is InChI=1S/C27H23N3O/c1-17-15-21(13-14-28-17)19-7-10-22(11-8-19)29-27(31)18(2)20-9-12-24-23-5-3-4-6-25(23)30-26(24)16-20/h3-16,18,30H,1-2H3,(H,29,31). The summed E-state index contributed by atoms with van der Waals surface area (Å²) in [6.45, 7) is 3.92. The summed E-state index contributed by atoms with van der Waals surface area (Å²) in [5, 5.41) is 5.42. The molecule has 0 saturated heterocycles. The molecule has 1 amide bonds. The summed E-state index contributed by atoms with van der Waals surface area (Å²) in [5.74, 6) is -0.290. The van der Waals surface area contributed by atoms with Crippen molar-refractivity contribution < 1.29 is 4.79 Å². The number of para-hydroxylation sites is 1. The Hall–Kier alpha value is -3.92. The molecular formula is C27H23N3O. The fourth-order valence-corrected chi connectivity index (χ4v) is 4.01. The van der Waals surface area contributed by atoms with Crippen molar-refractivity contribution in [3.63, 3.8) is 0 Å². The van der Waals surface area contributed by atoms with Gasteiger partial charge < -0.3 is 10.3 Å². The van der Waals surface area contributed by atoms with Gasteiger partial charge >= 0.3 is 0 Å². The molecule has 2 heterocycles. The Balaban J connectivity index is 1.34. The zero-order valence-electron chi connectivity index (χ0n) is 17.5. The first-order valence-corrected chi connectivity index (χ1v) is 10.4. The summed E-state index contributed by atoms with van der Waals surface area (Å²) < 4.78 is 0. The first-order valence-electron chi connectivity index (χ1n) is 10.4. The van der Waals surface area contributed by atoms with Crippen LogP contribution in [0.25, 0.3) is 32.9 Å². The molecule has 5 rings (SSSR count). The van der Waals surface area contributed by atoms with E-state index in [9.17, 15) is 4.79 Å². The number of fused-ring (bicyclic) bond motifs is 3. The highest BCUT2D eigenvalue weighted by molar-refractivity contribution is 6.07. The van der Waals surface area contributed by atoms with Gasteiger partial charge in [0.1, 0.15) is 0 Å². The van der Waals surface area contributed by atoms with Crippen molar-refractivity contribution in [2.45, 2.75) is 19.8 Å². The maximum Gasteiger partial charge on any atom is 0.231 e. The normalized spacial score (nSPS) is 12.2. The van der Waals surface area contributed by atoms with Crippen LogP contribution in [-0.2, 0) is 4.79 Å². The van der Waals surface area contributed by atoms with Crippen LogP contribution in [0.3, 0.4) is 0 Å². The third-order valence-corrected chi connectivity index (χ3v) is 5.81. The number of hydrogen-bond donors (Lipinski definition) is 2. The zero-order valence-corrected chi connectivity index (χ0v) is 17.5. The number of benzene rings is 3. The fourth-order valence-electron chi connectivity index (χ4n) is 4.01. The molecule has 0 aliphatic rings. The van der Waals surface area contributed by atoms with Gasteiger partial charge in [-0.2, -0.15) is 0 Å². The Morgan fingerprint density at radius 2 is 1.65 bits per heavy atom. The van der Waals surface area contributed by atoms with Crippen LogP contribution >= 0.6 is 0 Å². The zero-order chi connectivity index (χ0) is 21.4. The van der Waals surface area contributed by atoms with E-state index in [1.54, 1.807) is 0 Å². The number of carbonyl (C=O) groups is 1. The van der Waals surface area contributed by atoms with E-state index in [2.05, 4.69) is 45.6 Å². The predicted molar refractivity (Wildman–Crippen MR) is 127 cm³/mol. The molecule has 4 heteroatoms. The van der Waals surface area contributed by atoms with Crippen LogP contribution in [0.4, 0.5) is 5.69 Å². The average molecular weight is 406 g/mol. The molecule has 0 aliphatic carbocycles. The minimum absolute atomic E-state index is 0.0250. The predicted octanol–water partition coefficient (Wildman–Crippen LogP) is 6.43. The van der Waals surface area contributed by atoms with Crippen LogP contribution in [0.2, 0.25) is 0 Å². The summed E-state index contributed by atoms with van der Waals surface area (Å²) >= 11 is 0. The molecule has 0 fully saturated rings. The van der Waals surface area contributed by atoms with Gasteiger partial charge in [-0.3, -0.25) is 9.78 Å². The third kappa shape index (κ3) is 3.68. The highest BCUT2D eigenvalue weighted by atomic mass is 16.1. The molecule has 0 spiro atoms. The Bertz CT molecular complexity index is 1400. The van der Waals surface area contributed by atoms with Crippen molar-refractivity contribution in [1.29, 1.82) is 0 Å². The van der Waals surface area contributed by atoms with Crippen LogP contribution in [0.1, 0.15) is 24.1 Å². The van der Waals surface area contributed by atoms with Gasteiger partial charge in [-0.15, -0.1) is 0 Å². The SMILES string of the molecule is Cc1cc(-c2ccc(NC(=O)C(C)c3ccc4c(c3)[nH]c3ccccc34)cc2)ccn1. The van der Waals surface area contributed by atoms with Gasteiger partial charge in [0, 0.05) is 39.4 Å². The van der Waals surface area contributed by atoms with Crippen LogP contribution in [0.5, 0.6) is 0 Å². The molecule has 5 aromatic rings. The molecule has 1 unspecified atom stereocenters. The second kappa shape index (κ2) is 7.73. The molecule has 31 heavy (non-hydrogen) atoms. The fraction of sp³-hybridized carbons (Fsp3) is 0.111. The van der Waals surface area contributed by atoms with Gasteiger partial charge in [0.05, 0.1) is 5.92 Å². The molecule has 0 radical (unpaired) electrons. The first-order chi connectivity index (χ1) is 15.1. The number of rotatable bonds is 4. The van der Waals surface area contributed by atoms with Crippen LogP contribution in [-0.4, -0.2) is 15.9 Å². The number of carbonyl (C=O) groups excluding carboxylic acids is 1. The van der Waals surface area contributed by atoms with Crippen molar-refractivity contribution in [3.05, 3.63) is 96.3 Å². The number of amides is 1. The largest absolute Gasteiger partial charge is 0.355 e. The highest BCUT2D eigenvalue weighted by Gasteiger charge is 2.17. The first kappa shape index (κ1) is 19.1. The van der Waals surface area contributed by atoms with Crippen LogP contribution in [0, 0.1) is 6.92 Å². The molecule has 152 valence electrons. The summed E-state index contributed by atoms with van der Waals surface area (Å²) in [5.41, 5.74) is 7.13. The van der Waals surface area contributed by atoms with Gasteiger partial charge in [-0.25, -0.2) is 0 Å². The molecule has 3 aromatic carbocycles. The molecule has 4 nitrogen and oxygen atoms in total. The number of aromatic amines is 1. The topological polar surface area (TPSA) is 57.8 Å². The molecule has 1 atom stereocenters. The van der Waals surface area contributed by atoms with Crippen molar-refractivity contribution in [2.24, 2.45) is 0 Å². The van der Waals surface area contributed by atoms with Gasteiger partial charge in [0.2, 0.25) is 5.91 Å². The van der Waals surface area contributed by atoms with Gasteiger partial charge in [0.25, 0.3) is 0 Å². The third-order valence-electron chi connectivity index (χ3n) is 5.81. The average Bonchev–Trinajstić information content (AvgIpc) is 3.17. The van der Waals surface area contributed by atoms with Crippen molar-refractivity contribution in [3.8, 4) is 11.1 Å². The Kier molecular flexibility index (Phi) is 4.75. The number of pyridine rings is 1. The number of aryl methyl sites for hydroxylation is 1. The van der Waals surface area contributed by atoms with Crippen molar-refractivity contribution in [2.75, 3.05) is 5.32 Å². The number of nitrogens with zero attached hydrogens (tertiary/aromatic N) is 1. The number of anilines is 1. The van der Waals surface area contributed by atoms with E-state index in [0.29, 0.717) is 0 Å². The summed E-state index contributed by atoms with van der Waals surface area (Å²) in [6, 6.07) is 26.4. The summed E-state index contributed by atoms with van der Waals surface area (Å²) in [6.07, 6.45) is 1.81. The van der Waals surface area contributed by atoms with Gasteiger partial charge in [-0.1, -0.05) is 42.5 Å². The summed E-state index contributed by atoms with van der Waals surface area (Å²) in [4.78, 5) is 20.6. The second-order valence-electron chi connectivity index (χ2n) is 7.95. The Morgan fingerprint density at radius 3 is 2.45 bits per heavy atom. The summed E-state index contributed by atoms with van der Waals surface area (Å²) in [7, 11) is 0. The van der Waals surface area contributed by atoms with E-state index in [1.807, 2.05) is 68.6 Å². The lowest BCUT2D eigenvalue weighted by Gasteiger charge is -2.13. The van der Waals surface area contributed by atoms with Crippen LogP contribution in [0.15, 0.2) is 85.1 Å². The number of hydrogen-bond acceptors (Lipinski definition) is 2. The van der Waals surface area contributed by atoms with E-state index in [-0.39, 0.29) is 11.8 Å². The lowest BCUT2D eigenvalue weighted by Crippen LogP contribution is -2.18. The van der Waals surface area contributed by atoms with Gasteiger partial charge in [-0.05, 0) is 66.9 Å². The number of H-pyrrole nitrogens is 1. The number of nitrogens with one attached hydrogen (secondary N) is 2. The lowest BCUT2D eigenvalue weighted by molar-refractivity contribution is -0.117. The van der Waals surface area contributed by atoms with E-state index in [1.165, 1.54) is 10.8 Å². The molecule has 0 aliphatic heterocycles. The van der Waals surface area contributed by atoms with Crippen molar-refractivity contribution in [1.82, 2.24) is 9.97 Å². The van der Waals surface area contributed by atoms with E-state index < -0.39 is 0 Å². The minimum atomic E-state index is -0.265. The molecular weight excluding hydrogens is 382 g/mol. The number of aromatic nitrogens is 2. The highest BCUT2D eigenvalue weighted by Crippen LogP contribution is 2.29. The van der Waals surface area contributed by atoms with Crippen molar-refractivity contribution >= 4 is 33.4 Å². The van der Waals surface area contributed by atoms with E-state index >= 15 is 0 Å². The van der Waals surface area contributed by atoms with E-state index in [4.69, 9.17) is 0 Å². The quantitative estimate of drug-likeness (QED) is 0.362. The minimum Gasteiger partial charge on any atom is -0.355 e. The smallest absolute Gasteiger partial charge is 0.231 e. The molecule has 0 saturated carbocycles. The Morgan fingerprint density at radius 1 is 0.871 bits per heavy atom. The maximum atomic E-state index is 12.9. The maximum absolute atomic E-state index is 12.9. The monoisotopic (exact) mass is 405 g/mol. The van der Waals surface area contributed by atoms with Gasteiger partial charge in [0.15, 0.2) is 0 Å². The van der Waals surface area contributed by atoms with E-state index in [0.717, 1.165) is 39.1 Å². The molecule has 2 aromatic heterocycles. The second-order valence-corrected chi connectivity index (χ2v) is 7.95. The molecule has 2 N–H and O–H groups in total. The lowest BCUT2D eigenvalue weighted by atomic mass is 9.98. The van der Waals surface area contributed by atoms with Crippen LogP contribution < -0.4 is 5.32 Å².